The number of carboxylic acids is 2. The van der Waals surface area contributed by atoms with Crippen LogP contribution < -0.4 is 0 Å². The van der Waals surface area contributed by atoms with Gasteiger partial charge in [-0.25, -0.2) is 13.2 Å². The summed E-state index contributed by atoms with van der Waals surface area (Å²) in [4.78, 5) is 24.5. The van der Waals surface area contributed by atoms with Gasteiger partial charge in [0.15, 0.2) is 0 Å². The smallest absolute Gasteiger partial charge is 0.352 e. The summed E-state index contributed by atoms with van der Waals surface area (Å²) < 4.78 is 26.3. The minimum Gasteiger partial charge on any atom is -0.480 e. The van der Waals surface area contributed by atoms with Gasteiger partial charge in [-0.1, -0.05) is 0 Å². The zero-order chi connectivity index (χ0) is 15.4. The Morgan fingerprint density at radius 1 is 1.38 bits per heavy atom. The molecule has 0 spiro atoms. The molecular weight excluding hydrogens is 300 g/mol. The molecule has 9 heteroatoms. The molecule has 2 atom stereocenters. The number of aromatic nitrogens is 1. The lowest BCUT2D eigenvalue weighted by atomic mass is 10.1. The van der Waals surface area contributed by atoms with Crippen LogP contribution in [0, 0.1) is 5.92 Å². The number of hydrogen-bond acceptors (Lipinski definition) is 4. The van der Waals surface area contributed by atoms with E-state index in [1.165, 1.54) is 0 Å². The molecular formula is C12H14N2O6S. The van der Waals surface area contributed by atoms with E-state index in [-0.39, 0.29) is 23.1 Å². The van der Waals surface area contributed by atoms with Crippen molar-refractivity contribution in [3.8, 4) is 0 Å². The van der Waals surface area contributed by atoms with Gasteiger partial charge in [0.1, 0.15) is 16.1 Å². The summed E-state index contributed by atoms with van der Waals surface area (Å²) in [6, 6.07) is 1.01. The fraction of sp³-hybridized carbons (Fsp3) is 0.500. The van der Waals surface area contributed by atoms with Crippen LogP contribution in [-0.4, -0.2) is 51.9 Å². The Balaban J connectivity index is 2.01. The van der Waals surface area contributed by atoms with Crippen molar-refractivity contribution in [3.63, 3.8) is 0 Å². The largest absolute Gasteiger partial charge is 0.480 e. The van der Waals surface area contributed by atoms with Crippen molar-refractivity contribution in [2.75, 3.05) is 6.54 Å². The first-order chi connectivity index (χ1) is 9.80. The van der Waals surface area contributed by atoms with E-state index in [4.69, 9.17) is 5.11 Å². The first-order valence-electron chi connectivity index (χ1n) is 6.48. The van der Waals surface area contributed by atoms with E-state index in [1.807, 2.05) is 0 Å². The molecule has 1 aliphatic carbocycles. The molecule has 0 radical (unpaired) electrons. The number of aliphatic carboxylic acids is 1. The number of aromatic amines is 1. The van der Waals surface area contributed by atoms with Gasteiger partial charge in [-0.3, -0.25) is 4.79 Å². The molecule has 1 aliphatic heterocycles. The lowest BCUT2D eigenvalue weighted by Crippen LogP contribution is -2.51. The SMILES string of the molecule is O=C(O)c1cc(S(=O)(=O)N2CCC[C@@H]3C[C@@]32C(=O)O)c[nH]1. The lowest BCUT2D eigenvalue weighted by Gasteiger charge is -2.32. The van der Waals surface area contributed by atoms with Crippen molar-refractivity contribution in [1.29, 1.82) is 0 Å². The number of aromatic carboxylic acids is 1. The average molecular weight is 314 g/mol. The maximum absolute atomic E-state index is 12.6. The number of carbonyl (C=O) groups is 2. The number of fused-ring (bicyclic) bond motifs is 1. The van der Waals surface area contributed by atoms with Crippen LogP contribution in [0.1, 0.15) is 29.8 Å². The minimum atomic E-state index is -4.03. The highest BCUT2D eigenvalue weighted by Crippen LogP contribution is 2.55. The van der Waals surface area contributed by atoms with Crippen LogP contribution in [0.25, 0.3) is 0 Å². The number of H-pyrrole nitrogens is 1. The van der Waals surface area contributed by atoms with Gasteiger partial charge in [0.05, 0.1) is 0 Å². The summed E-state index contributed by atoms with van der Waals surface area (Å²) >= 11 is 0. The number of carboxylic acid groups (broad SMARTS) is 2. The van der Waals surface area contributed by atoms with Gasteiger partial charge in [0, 0.05) is 12.7 Å². The van der Waals surface area contributed by atoms with E-state index >= 15 is 0 Å². The van der Waals surface area contributed by atoms with Crippen LogP contribution in [0.3, 0.4) is 0 Å². The quantitative estimate of drug-likeness (QED) is 0.735. The zero-order valence-electron chi connectivity index (χ0n) is 10.9. The highest BCUT2D eigenvalue weighted by molar-refractivity contribution is 7.89. The molecule has 3 N–H and O–H groups in total. The van der Waals surface area contributed by atoms with Crippen LogP contribution in [0.2, 0.25) is 0 Å². The second-order valence-corrected chi connectivity index (χ2v) is 7.27. The van der Waals surface area contributed by atoms with Crippen LogP contribution in [0.15, 0.2) is 17.2 Å². The Hall–Kier alpha value is -1.87. The van der Waals surface area contributed by atoms with E-state index in [0.717, 1.165) is 16.6 Å². The molecule has 3 rings (SSSR count). The van der Waals surface area contributed by atoms with Crippen molar-refractivity contribution in [1.82, 2.24) is 9.29 Å². The number of hydrogen-bond donors (Lipinski definition) is 3. The number of sulfonamides is 1. The highest BCUT2D eigenvalue weighted by Gasteiger charge is 2.68. The first kappa shape index (κ1) is 14.1. The molecule has 2 aliphatic rings. The molecule has 1 aromatic heterocycles. The third-order valence-electron chi connectivity index (χ3n) is 4.28. The molecule has 1 aromatic rings. The number of nitrogens with zero attached hydrogens (tertiary/aromatic N) is 1. The Kier molecular flexibility index (Phi) is 2.89. The molecule has 114 valence electrons. The van der Waals surface area contributed by atoms with Crippen molar-refractivity contribution >= 4 is 22.0 Å². The Morgan fingerprint density at radius 3 is 2.67 bits per heavy atom. The summed E-state index contributed by atoms with van der Waals surface area (Å²) in [5, 5.41) is 18.2. The van der Waals surface area contributed by atoms with Gasteiger partial charge >= 0.3 is 11.9 Å². The predicted molar refractivity (Wildman–Crippen MR) is 69.4 cm³/mol. The Labute approximate surface area is 120 Å². The monoisotopic (exact) mass is 314 g/mol. The molecule has 0 amide bonds. The molecule has 2 heterocycles. The van der Waals surface area contributed by atoms with Crippen molar-refractivity contribution in [2.45, 2.75) is 29.7 Å². The van der Waals surface area contributed by atoms with E-state index in [1.54, 1.807) is 0 Å². The van der Waals surface area contributed by atoms with Crippen molar-refractivity contribution < 1.29 is 28.2 Å². The van der Waals surface area contributed by atoms with Crippen LogP contribution in [-0.2, 0) is 14.8 Å². The van der Waals surface area contributed by atoms with Crippen LogP contribution in [0.4, 0.5) is 0 Å². The molecule has 0 bridgehead atoms. The fourth-order valence-corrected chi connectivity index (χ4v) is 4.95. The van der Waals surface area contributed by atoms with Crippen LogP contribution >= 0.6 is 0 Å². The zero-order valence-corrected chi connectivity index (χ0v) is 11.8. The number of rotatable bonds is 4. The van der Waals surface area contributed by atoms with E-state index in [2.05, 4.69) is 4.98 Å². The van der Waals surface area contributed by atoms with Crippen molar-refractivity contribution in [2.24, 2.45) is 5.92 Å². The van der Waals surface area contributed by atoms with Crippen LogP contribution in [0.5, 0.6) is 0 Å². The first-order valence-corrected chi connectivity index (χ1v) is 7.92. The Bertz CT molecular complexity index is 724. The predicted octanol–water partition coefficient (Wildman–Crippen LogP) is 0.341. The standard InChI is InChI=1S/C12H14N2O6S/c15-10(16)9-4-8(6-13-9)21(19,20)14-3-1-2-7-5-12(7,14)11(17)18/h4,6-7,13H,1-3,5H2,(H,15,16)(H,17,18)/t7-,12+/m1/s1. The minimum absolute atomic E-state index is 0.138. The summed E-state index contributed by atoms with van der Waals surface area (Å²) in [6.45, 7) is 0.138. The average Bonchev–Trinajstić information content (AvgIpc) is 2.95. The highest BCUT2D eigenvalue weighted by atomic mass is 32.2. The molecule has 21 heavy (non-hydrogen) atoms. The van der Waals surface area contributed by atoms with Crippen molar-refractivity contribution in [3.05, 3.63) is 18.0 Å². The van der Waals surface area contributed by atoms with E-state index in [9.17, 15) is 23.1 Å². The molecule has 0 aromatic carbocycles. The summed E-state index contributed by atoms with van der Waals surface area (Å²) in [7, 11) is -4.03. The number of nitrogens with one attached hydrogen (secondary N) is 1. The third kappa shape index (κ3) is 1.88. The van der Waals surface area contributed by atoms with Gasteiger partial charge in [-0.15, -0.1) is 0 Å². The van der Waals surface area contributed by atoms with E-state index < -0.39 is 27.5 Å². The van der Waals surface area contributed by atoms with Gasteiger partial charge in [0.25, 0.3) is 0 Å². The van der Waals surface area contributed by atoms with Gasteiger partial charge in [-0.2, -0.15) is 4.31 Å². The summed E-state index contributed by atoms with van der Waals surface area (Å²) in [5.41, 5.74) is -1.60. The maximum atomic E-state index is 12.6. The van der Waals surface area contributed by atoms with Gasteiger partial charge in [0.2, 0.25) is 10.0 Å². The summed E-state index contributed by atoms with van der Waals surface area (Å²) in [6.07, 6.45) is 2.71. The lowest BCUT2D eigenvalue weighted by molar-refractivity contribution is -0.144. The fourth-order valence-electron chi connectivity index (χ4n) is 3.12. The molecule has 1 saturated heterocycles. The molecule has 0 unspecified atom stereocenters. The molecule has 1 saturated carbocycles. The maximum Gasteiger partial charge on any atom is 0.352 e. The summed E-state index contributed by atoms with van der Waals surface area (Å²) in [5.74, 6) is -2.56. The van der Waals surface area contributed by atoms with Gasteiger partial charge in [-0.05, 0) is 31.2 Å². The molecule has 2 fully saturated rings. The normalized spacial score (nSPS) is 28.9. The van der Waals surface area contributed by atoms with Gasteiger partial charge < -0.3 is 15.2 Å². The second-order valence-electron chi connectivity index (χ2n) is 5.40. The topological polar surface area (TPSA) is 128 Å². The second kappa shape index (κ2) is 4.31. The molecule has 8 nitrogen and oxygen atoms in total. The Morgan fingerprint density at radius 2 is 2.10 bits per heavy atom. The number of piperidine rings is 1. The van der Waals surface area contributed by atoms with E-state index in [0.29, 0.717) is 19.3 Å². The third-order valence-corrected chi connectivity index (χ3v) is 6.20.